The van der Waals surface area contributed by atoms with E-state index in [0.29, 0.717) is 5.75 Å². The molecule has 2 aromatic heterocycles. The minimum absolute atomic E-state index is 0.697. The maximum atomic E-state index is 5.52. The molecular formula is C25H27N5O2. The molecule has 5 rings (SSSR count). The van der Waals surface area contributed by atoms with Crippen LogP contribution in [0.2, 0.25) is 0 Å². The maximum absolute atomic E-state index is 5.52. The molecule has 0 amide bonds. The zero-order valence-corrected chi connectivity index (χ0v) is 18.6. The zero-order chi connectivity index (χ0) is 22.1. The van der Waals surface area contributed by atoms with Gasteiger partial charge in [0.15, 0.2) is 17.1 Å². The predicted octanol–water partition coefficient (Wildman–Crippen LogP) is 3.80. The molecule has 4 aromatic rings. The first kappa shape index (κ1) is 20.3. The molecule has 0 aliphatic carbocycles. The fraction of sp³-hybridized carbons (Fsp3) is 0.280. The van der Waals surface area contributed by atoms with E-state index >= 15 is 0 Å². The number of rotatable bonds is 5. The maximum Gasteiger partial charge on any atom is 0.163 e. The molecule has 0 unspecified atom stereocenters. The van der Waals surface area contributed by atoms with Gasteiger partial charge in [0.05, 0.1) is 20.4 Å². The Balaban J connectivity index is 1.46. The first-order valence-electron chi connectivity index (χ1n) is 10.8. The van der Waals surface area contributed by atoms with Crippen molar-refractivity contribution in [3.05, 3.63) is 60.6 Å². The van der Waals surface area contributed by atoms with Crippen LogP contribution in [0.5, 0.6) is 11.5 Å². The molecule has 7 heteroatoms. The lowest BCUT2D eigenvalue weighted by Crippen LogP contribution is -2.43. The van der Waals surface area contributed by atoms with Crippen molar-refractivity contribution in [3.63, 3.8) is 0 Å². The van der Waals surface area contributed by atoms with Gasteiger partial charge >= 0.3 is 0 Å². The average molecular weight is 430 g/mol. The molecule has 1 saturated heterocycles. The Kier molecular flexibility index (Phi) is 5.41. The van der Waals surface area contributed by atoms with Crippen LogP contribution in [0.25, 0.3) is 27.9 Å². The number of nitrogens with zero attached hydrogens (tertiary/aromatic N) is 4. The van der Waals surface area contributed by atoms with Gasteiger partial charge in [0.1, 0.15) is 0 Å². The first-order chi connectivity index (χ1) is 15.7. The minimum atomic E-state index is 0.697. The van der Waals surface area contributed by atoms with Gasteiger partial charge < -0.3 is 19.7 Å². The highest BCUT2D eigenvalue weighted by Gasteiger charge is 2.15. The Morgan fingerprint density at radius 2 is 1.69 bits per heavy atom. The summed E-state index contributed by atoms with van der Waals surface area (Å²) in [6, 6.07) is 12.7. The molecule has 1 fully saturated rings. The van der Waals surface area contributed by atoms with Gasteiger partial charge in [0, 0.05) is 55.4 Å². The van der Waals surface area contributed by atoms with Crippen molar-refractivity contribution in [1.82, 2.24) is 19.9 Å². The van der Waals surface area contributed by atoms with Crippen LogP contribution in [0.1, 0.15) is 5.56 Å². The molecule has 164 valence electrons. The van der Waals surface area contributed by atoms with E-state index in [0.717, 1.165) is 65.4 Å². The van der Waals surface area contributed by atoms with Crippen LogP contribution in [0.4, 0.5) is 5.69 Å². The monoisotopic (exact) mass is 429 g/mol. The van der Waals surface area contributed by atoms with Gasteiger partial charge in [-0.25, -0.2) is 9.50 Å². The molecule has 3 heterocycles. The van der Waals surface area contributed by atoms with E-state index in [1.165, 1.54) is 5.69 Å². The van der Waals surface area contributed by atoms with Crippen LogP contribution in [0, 0.1) is 6.92 Å². The third kappa shape index (κ3) is 3.65. The number of benzene rings is 2. The molecule has 1 N–H and O–H groups in total. The summed E-state index contributed by atoms with van der Waals surface area (Å²) in [4.78, 5) is 7.15. The van der Waals surface area contributed by atoms with E-state index in [-0.39, 0.29) is 0 Å². The van der Waals surface area contributed by atoms with Crippen LogP contribution < -0.4 is 19.7 Å². The van der Waals surface area contributed by atoms with E-state index < -0.39 is 0 Å². The van der Waals surface area contributed by atoms with Gasteiger partial charge in [-0.3, -0.25) is 0 Å². The van der Waals surface area contributed by atoms with E-state index in [2.05, 4.69) is 45.6 Å². The van der Waals surface area contributed by atoms with Crippen molar-refractivity contribution < 1.29 is 9.47 Å². The van der Waals surface area contributed by atoms with E-state index in [4.69, 9.17) is 14.5 Å². The van der Waals surface area contributed by atoms with Crippen molar-refractivity contribution in [2.75, 3.05) is 45.3 Å². The second kappa shape index (κ2) is 8.51. The Labute approximate surface area is 187 Å². The smallest absolute Gasteiger partial charge is 0.163 e. The molecule has 0 saturated carbocycles. The molecule has 2 aromatic carbocycles. The number of nitrogens with one attached hydrogen (secondary N) is 1. The van der Waals surface area contributed by atoms with Gasteiger partial charge in [-0.05, 0) is 47.9 Å². The second-order valence-electron chi connectivity index (χ2n) is 7.98. The molecule has 0 radical (unpaired) electrons. The Morgan fingerprint density at radius 1 is 0.906 bits per heavy atom. The summed E-state index contributed by atoms with van der Waals surface area (Å²) in [5.74, 6) is 1.44. The molecule has 0 atom stereocenters. The lowest BCUT2D eigenvalue weighted by molar-refractivity contribution is 0.353. The van der Waals surface area contributed by atoms with Crippen LogP contribution >= 0.6 is 0 Å². The first-order valence-corrected chi connectivity index (χ1v) is 10.8. The normalized spacial score (nSPS) is 14.0. The van der Waals surface area contributed by atoms with Gasteiger partial charge in [-0.15, -0.1) is 0 Å². The largest absolute Gasteiger partial charge is 0.493 e. The Hall–Kier alpha value is -3.58. The molecule has 0 spiro atoms. The highest BCUT2D eigenvalue weighted by atomic mass is 16.5. The number of hydrogen-bond donors (Lipinski definition) is 1. The molecule has 1 aliphatic heterocycles. The molecule has 1 aliphatic rings. The fourth-order valence-corrected chi connectivity index (χ4v) is 4.33. The number of piperazine rings is 1. The highest BCUT2D eigenvalue weighted by molar-refractivity contribution is 5.80. The topological polar surface area (TPSA) is 63.9 Å². The summed E-state index contributed by atoms with van der Waals surface area (Å²) >= 11 is 0. The number of aryl methyl sites for hydroxylation is 1. The highest BCUT2D eigenvalue weighted by Crippen LogP contribution is 2.37. The summed E-state index contributed by atoms with van der Waals surface area (Å²) in [6.07, 6.45) is 5.79. The van der Waals surface area contributed by atoms with Crippen molar-refractivity contribution >= 4 is 11.3 Å². The summed E-state index contributed by atoms with van der Waals surface area (Å²) in [7, 11) is 3.30. The predicted molar refractivity (Wildman–Crippen MR) is 127 cm³/mol. The van der Waals surface area contributed by atoms with Crippen LogP contribution in [0.15, 0.2) is 55.0 Å². The zero-order valence-electron chi connectivity index (χ0n) is 18.6. The summed E-state index contributed by atoms with van der Waals surface area (Å²) in [5, 5.41) is 7.96. The van der Waals surface area contributed by atoms with Gasteiger partial charge in [-0.2, -0.15) is 5.10 Å². The SMILES string of the molecule is COc1cc(-c2cnn3cc(-c4ccc(N5CCNCC5)cc4)cnc23)cc(C)c1OC. The lowest BCUT2D eigenvalue weighted by atomic mass is 10.0. The van der Waals surface area contributed by atoms with Crippen molar-refractivity contribution in [1.29, 1.82) is 0 Å². The lowest BCUT2D eigenvalue weighted by Gasteiger charge is -2.29. The van der Waals surface area contributed by atoms with Gasteiger partial charge in [-0.1, -0.05) is 12.1 Å². The van der Waals surface area contributed by atoms with E-state index in [1.54, 1.807) is 14.2 Å². The molecule has 32 heavy (non-hydrogen) atoms. The second-order valence-corrected chi connectivity index (χ2v) is 7.98. The minimum Gasteiger partial charge on any atom is -0.493 e. The standard InChI is InChI=1S/C25H27N5O2/c1-17-12-19(13-23(31-2)24(17)32-3)22-15-28-30-16-20(14-27-25(22)30)18-4-6-21(7-5-18)29-10-8-26-9-11-29/h4-7,12-16,26H,8-11H2,1-3H3. The van der Waals surface area contributed by atoms with E-state index in [1.807, 2.05) is 36.1 Å². The summed E-state index contributed by atoms with van der Waals surface area (Å²) < 4.78 is 12.8. The summed E-state index contributed by atoms with van der Waals surface area (Å²) in [6.45, 7) is 6.15. The molecular weight excluding hydrogens is 402 g/mol. The van der Waals surface area contributed by atoms with Crippen LogP contribution in [-0.2, 0) is 0 Å². The number of aromatic nitrogens is 3. The number of hydrogen-bond acceptors (Lipinski definition) is 6. The van der Waals surface area contributed by atoms with Gasteiger partial charge in [0.2, 0.25) is 0 Å². The van der Waals surface area contributed by atoms with E-state index in [9.17, 15) is 0 Å². The third-order valence-corrected chi connectivity index (χ3v) is 6.01. The Bertz CT molecular complexity index is 1240. The number of anilines is 1. The van der Waals surface area contributed by atoms with Crippen LogP contribution in [-0.4, -0.2) is 55.0 Å². The summed E-state index contributed by atoms with van der Waals surface area (Å²) in [5.41, 5.74) is 7.17. The van der Waals surface area contributed by atoms with Crippen molar-refractivity contribution in [3.8, 4) is 33.8 Å². The van der Waals surface area contributed by atoms with Crippen molar-refractivity contribution in [2.24, 2.45) is 0 Å². The van der Waals surface area contributed by atoms with Crippen molar-refractivity contribution in [2.45, 2.75) is 6.92 Å². The fourth-order valence-electron chi connectivity index (χ4n) is 4.33. The molecule has 7 nitrogen and oxygen atoms in total. The number of methoxy groups -OCH3 is 2. The molecule has 0 bridgehead atoms. The van der Waals surface area contributed by atoms with Crippen LogP contribution in [0.3, 0.4) is 0 Å². The quantitative estimate of drug-likeness (QED) is 0.521. The number of ether oxygens (including phenoxy) is 2. The van der Waals surface area contributed by atoms with Gasteiger partial charge in [0.25, 0.3) is 0 Å². The number of fused-ring (bicyclic) bond motifs is 1. The third-order valence-electron chi connectivity index (χ3n) is 6.01. The average Bonchev–Trinajstić information content (AvgIpc) is 3.27. The Morgan fingerprint density at radius 3 is 2.41 bits per heavy atom.